The average Bonchev–Trinajstić information content (AvgIpc) is 3.53. The number of para-hydroxylation sites is 3. The van der Waals surface area contributed by atoms with E-state index >= 15 is 0 Å². The maximum absolute atomic E-state index is 4.79. The summed E-state index contributed by atoms with van der Waals surface area (Å²) in [6.45, 7) is 4.36. The van der Waals surface area contributed by atoms with Crippen molar-refractivity contribution in [3.63, 3.8) is 0 Å². The van der Waals surface area contributed by atoms with Crippen LogP contribution in [0.2, 0.25) is 0 Å². The standard InChI is InChI=1S/C25H20N.C19H13N2.Ir/c1-18-9-7-10-19(2)25(18)23-14-4-3-13-22(23)20-11-8-12-21(17-20)24-15-5-6-16-26-24;1-3-9-15(10-4-1)19-20-17-13-7-8-14-18(17)21(19)16-11-5-2-6-12-16;/h3-11,13-17H,1-2H3;1-9,11-14H;/q2*-1;. The zero-order valence-corrected chi connectivity index (χ0v) is 29.2. The van der Waals surface area contributed by atoms with Crippen molar-refractivity contribution in [2.75, 3.05) is 0 Å². The molecule has 235 valence electrons. The molecule has 0 unspecified atom stereocenters. The Kier molecular flexibility index (Phi) is 10.2. The minimum atomic E-state index is 0. The molecule has 48 heavy (non-hydrogen) atoms. The number of aromatic nitrogens is 3. The molecule has 0 bridgehead atoms. The third-order valence-electron chi connectivity index (χ3n) is 8.26. The van der Waals surface area contributed by atoms with Crippen molar-refractivity contribution in [2.24, 2.45) is 0 Å². The maximum Gasteiger partial charge on any atom is 0.0774 e. The summed E-state index contributed by atoms with van der Waals surface area (Å²) in [5.41, 5.74) is 13.8. The van der Waals surface area contributed by atoms with Gasteiger partial charge >= 0.3 is 0 Å². The van der Waals surface area contributed by atoms with Gasteiger partial charge in [-0.15, -0.1) is 71.3 Å². The summed E-state index contributed by atoms with van der Waals surface area (Å²) in [4.78, 5) is 9.25. The molecule has 0 saturated heterocycles. The van der Waals surface area contributed by atoms with Crippen LogP contribution in [0.3, 0.4) is 0 Å². The van der Waals surface area contributed by atoms with Crippen LogP contribution in [0.1, 0.15) is 11.1 Å². The number of aryl methyl sites for hydroxylation is 2. The number of imidazole rings is 1. The first-order valence-corrected chi connectivity index (χ1v) is 15.8. The average molecular weight is 796 g/mol. The number of fused-ring (bicyclic) bond motifs is 1. The second-order valence-corrected chi connectivity index (χ2v) is 11.4. The summed E-state index contributed by atoms with van der Waals surface area (Å²) in [5, 5.41) is 0. The molecule has 0 atom stereocenters. The van der Waals surface area contributed by atoms with Gasteiger partial charge in [-0.1, -0.05) is 84.9 Å². The summed E-state index contributed by atoms with van der Waals surface area (Å²) in [6.07, 6.45) is 1.82. The van der Waals surface area contributed by atoms with Gasteiger partial charge in [0.2, 0.25) is 0 Å². The molecule has 6 aromatic carbocycles. The molecule has 0 fully saturated rings. The molecule has 0 saturated carbocycles. The van der Waals surface area contributed by atoms with Gasteiger partial charge in [0.25, 0.3) is 0 Å². The van der Waals surface area contributed by atoms with Gasteiger partial charge in [-0.25, -0.2) is 0 Å². The molecule has 0 amide bonds. The van der Waals surface area contributed by atoms with Crippen LogP contribution in [0.5, 0.6) is 0 Å². The number of hydrogen-bond donors (Lipinski definition) is 0. The van der Waals surface area contributed by atoms with Gasteiger partial charge in [0, 0.05) is 32.0 Å². The van der Waals surface area contributed by atoms with Crippen molar-refractivity contribution in [1.29, 1.82) is 0 Å². The van der Waals surface area contributed by atoms with E-state index in [0.29, 0.717) is 0 Å². The van der Waals surface area contributed by atoms with E-state index in [2.05, 4.69) is 108 Å². The Morgan fingerprint density at radius 1 is 0.562 bits per heavy atom. The fourth-order valence-corrected chi connectivity index (χ4v) is 6.07. The molecule has 8 aromatic rings. The van der Waals surface area contributed by atoms with E-state index in [1.807, 2.05) is 91.1 Å². The van der Waals surface area contributed by atoms with Gasteiger partial charge < -0.3 is 9.55 Å². The summed E-state index contributed by atoms with van der Waals surface area (Å²) in [5.74, 6) is 0.919. The van der Waals surface area contributed by atoms with E-state index in [9.17, 15) is 0 Å². The molecule has 3 nitrogen and oxygen atoms in total. The van der Waals surface area contributed by atoms with Gasteiger partial charge in [-0.2, -0.15) is 0 Å². The van der Waals surface area contributed by atoms with Crippen molar-refractivity contribution >= 4 is 11.0 Å². The van der Waals surface area contributed by atoms with Crippen molar-refractivity contribution in [1.82, 2.24) is 14.5 Å². The Labute approximate surface area is 296 Å². The third-order valence-corrected chi connectivity index (χ3v) is 8.26. The zero-order valence-electron chi connectivity index (χ0n) is 26.8. The molecule has 2 aromatic heterocycles. The summed E-state index contributed by atoms with van der Waals surface area (Å²) in [7, 11) is 0. The van der Waals surface area contributed by atoms with Crippen molar-refractivity contribution < 1.29 is 20.1 Å². The minimum absolute atomic E-state index is 0. The van der Waals surface area contributed by atoms with Crippen LogP contribution in [0.15, 0.2) is 164 Å². The van der Waals surface area contributed by atoms with Crippen LogP contribution in [0.25, 0.3) is 61.6 Å². The van der Waals surface area contributed by atoms with Gasteiger partial charge in [-0.05, 0) is 77.7 Å². The number of nitrogens with zero attached hydrogens (tertiary/aromatic N) is 3. The fraction of sp³-hybridized carbons (Fsp3) is 0.0455. The van der Waals surface area contributed by atoms with Crippen LogP contribution in [0.4, 0.5) is 0 Å². The van der Waals surface area contributed by atoms with Crippen molar-refractivity contribution in [3.8, 4) is 50.6 Å². The summed E-state index contributed by atoms with van der Waals surface area (Å²) < 4.78 is 2.18. The maximum atomic E-state index is 4.79. The Morgan fingerprint density at radius 2 is 1.25 bits per heavy atom. The summed E-state index contributed by atoms with van der Waals surface area (Å²) in [6, 6.07) is 60.4. The van der Waals surface area contributed by atoms with E-state index in [4.69, 9.17) is 4.98 Å². The molecule has 8 rings (SSSR count). The number of benzene rings is 6. The zero-order chi connectivity index (χ0) is 32.0. The molecule has 4 heteroatoms. The Hall–Kier alpha value is -5.41. The van der Waals surface area contributed by atoms with Crippen LogP contribution < -0.4 is 0 Å². The van der Waals surface area contributed by atoms with Crippen LogP contribution >= 0.6 is 0 Å². The Balaban J connectivity index is 0.000000167. The van der Waals surface area contributed by atoms with Crippen LogP contribution in [0, 0.1) is 26.0 Å². The third kappa shape index (κ3) is 6.82. The molecule has 0 aliphatic heterocycles. The molecule has 1 radical (unpaired) electrons. The van der Waals surface area contributed by atoms with Gasteiger partial charge in [-0.3, -0.25) is 4.98 Å². The fourth-order valence-electron chi connectivity index (χ4n) is 6.07. The van der Waals surface area contributed by atoms with Crippen LogP contribution in [-0.2, 0) is 20.1 Å². The normalized spacial score (nSPS) is 10.5. The summed E-state index contributed by atoms with van der Waals surface area (Å²) >= 11 is 0. The number of pyridine rings is 1. The first kappa shape index (κ1) is 32.5. The molecule has 0 aliphatic rings. The second-order valence-electron chi connectivity index (χ2n) is 11.4. The van der Waals surface area contributed by atoms with Crippen molar-refractivity contribution in [3.05, 3.63) is 187 Å². The number of hydrogen-bond acceptors (Lipinski definition) is 2. The second kappa shape index (κ2) is 15.0. The first-order chi connectivity index (χ1) is 23.2. The Bertz CT molecular complexity index is 2240. The SMILES string of the molecule is Cc1cccc(C)c1-c1ccccc1-c1cc[c-]c(-c2ccccn2)c1.[Ir].[c-]1ccccc1-c1nc2ccccc2n1-c1ccccc1. The number of rotatable bonds is 5. The van der Waals surface area contributed by atoms with Gasteiger partial charge in [0.15, 0.2) is 0 Å². The topological polar surface area (TPSA) is 30.7 Å². The quantitative estimate of drug-likeness (QED) is 0.163. The first-order valence-electron chi connectivity index (χ1n) is 15.8. The van der Waals surface area contributed by atoms with E-state index < -0.39 is 0 Å². The predicted molar refractivity (Wildman–Crippen MR) is 194 cm³/mol. The smallest absolute Gasteiger partial charge is 0.0774 e. The monoisotopic (exact) mass is 796 g/mol. The Morgan fingerprint density at radius 3 is 2.00 bits per heavy atom. The van der Waals surface area contributed by atoms with Gasteiger partial charge in [0.05, 0.1) is 16.9 Å². The van der Waals surface area contributed by atoms with E-state index in [0.717, 1.165) is 39.4 Å². The van der Waals surface area contributed by atoms with E-state index in [-0.39, 0.29) is 20.1 Å². The molecule has 2 heterocycles. The van der Waals surface area contributed by atoms with Crippen molar-refractivity contribution in [2.45, 2.75) is 13.8 Å². The van der Waals surface area contributed by atoms with E-state index in [1.54, 1.807) is 0 Å². The van der Waals surface area contributed by atoms with Gasteiger partial charge in [0.1, 0.15) is 0 Å². The molecule has 0 spiro atoms. The molecule has 0 aliphatic carbocycles. The van der Waals surface area contributed by atoms with E-state index in [1.165, 1.54) is 33.4 Å². The van der Waals surface area contributed by atoms with Crippen LogP contribution in [-0.4, -0.2) is 14.5 Å². The minimum Gasteiger partial charge on any atom is -0.333 e. The predicted octanol–water partition coefficient (Wildman–Crippen LogP) is 11.0. The largest absolute Gasteiger partial charge is 0.333 e. The molecular weight excluding hydrogens is 763 g/mol. The molecular formula is C44H33IrN3-2. The molecule has 0 N–H and O–H groups in total.